The molecule has 0 radical (unpaired) electrons. The highest BCUT2D eigenvalue weighted by Crippen LogP contribution is 2.42. The highest BCUT2D eigenvalue weighted by Gasteiger charge is 2.38. The SMILES string of the molecule is CCNC(=O)NCc1ccc([C@H]2O[C@@H](CSc3nccn3C)[C@@H](C)[C@@H](c3ccc(CO)cc3)O2)cc1. The topological polar surface area (TPSA) is 97.6 Å². The van der Waals surface area contributed by atoms with Crippen molar-refractivity contribution >= 4 is 17.8 Å². The highest BCUT2D eigenvalue weighted by atomic mass is 32.2. The van der Waals surface area contributed by atoms with Crippen LogP contribution in [-0.4, -0.2) is 39.1 Å². The summed E-state index contributed by atoms with van der Waals surface area (Å²) in [6.45, 7) is 5.08. The lowest BCUT2D eigenvalue weighted by Crippen LogP contribution is -2.38. The van der Waals surface area contributed by atoms with Crippen LogP contribution in [0, 0.1) is 5.92 Å². The van der Waals surface area contributed by atoms with Gasteiger partial charge in [-0.1, -0.05) is 67.2 Å². The number of ether oxygens (including phenoxy) is 2. The van der Waals surface area contributed by atoms with Crippen LogP contribution in [0.5, 0.6) is 0 Å². The highest BCUT2D eigenvalue weighted by molar-refractivity contribution is 7.99. The van der Waals surface area contributed by atoms with Crippen LogP contribution < -0.4 is 10.6 Å². The Morgan fingerprint density at radius 1 is 1.06 bits per heavy atom. The van der Waals surface area contributed by atoms with Gasteiger partial charge in [-0.15, -0.1) is 0 Å². The lowest BCUT2D eigenvalue weighted by atomic mass is 9.91. The molecule has 0 saturated carbocycles. The van der Waals surface area contributed by atoms with E-state index in [1.54, 1.807) is 18.0 Å². The number of aryl methyl sites for hydroxylation is 1. The first-order chi connectivity index (χ1) is 17.5. The van der Waals surface area contributed by atoms with Crippen LogP contribution in [0.3, 0.4) is 0 Å². The van der Waals surface area contributed by atoms with Gasteiger partial charge in [0.05, 0.1) is 18.8 Å². The number of aromatic nitrogens is 2. The molecule has 0 aliphatic carbocycles. The fraction of sp³-hybridized carbons (Fsp3) is 0.407. The van der Waals surface area contributed by atoms with Crippen molar-refractivity contribution < 1.29 is 19.4 Å². The molecule has 8 nitrogen and oxygen atoms in total. The molecule has 192 valence electrons. The van der Waals surface area contributed by atoms with Gasteiger partial charge in [-0.25, -0.2) is 9.78 Å². The van der Waals surface area contributed by atoms with Crippen molar-refractivity contribution in [3.8, 4) is 0 Å². The summed E-state index contributed by atoms with van der Waals surface area (Å²) in [5.74, 6) is 0.848. The molecule has 1 aromatic heterocycles. The average molecular weight is 511 g/mol. The molecule has 0 spiro atoms. The van der Waals surface area contributed by atoms with Gasteiger partial charge in [0.1, 0.15) is 0 Å². The van der Waals surface area contributed by atoms with Crippen molar-refractivity contribution in [1.82, 2.24) is 20.2 Å². The molecule has 3 aromatic rings. The number of thioether (sulfide) groups is 1. The van der Waals surface area contributed by atoms with E-state index in [0.29, 0.717) is 13.1 Å². The largest absolute Gasteiger partial charge is 0.392 e. The number of hydrogen-bond donors (Lipinski definition) is 3. The van der Waals surface area contributed by atoms with Crippen molar-refractivity contribution in [2.75, 3.05) is 12.3 Å². The van der Waals surface area contributed by atoms with E-state index in [1.807, 2.05) is 73.3 Å². The number of aliphatic hydroxyl groups excluding tert-OH is 1. The van der Waals surface area contributed by atoms with Gasteiger partial charge in [-0.2, -0.15) is 0 Å². The summed E-state index contributed by atoms with van der Waals surface area (Å²) in [4.78, 5) is 16.1. The van der Waals surface area contributed by atoms with Gasteiger partial charge in [-0.3, -0.25) is 0 Å². The minimum Gasteiger partial charge on any atom is -0.392 e. The molecule has 36 heavy (non-hydrogen) atoms. The maximum absolute atomic E-state index is 11.7. The molecule has 2 amide bonds. The normalized spacial score (nSPS) is 21.8. The first-order valence-corrected chi connectivity index (χ1v) is 13.2. The first kappa shape index (κ1) is 26.2. The fourth-order valence-electron chi connectivity index (χ4n) is 4.16. The molecule has 0 bridgehead atoms. The summed E-state index contributed by atoms with van der Waals surface area (Å²) in [5, 5.41) is 16.0. The maximum atomic E-state index is 11.7. The Labute approximate surface area is 216 Å². The van der Waals surface area contributed by atoms with E-state index in [-0.39, 0.29) is 30.8 Å². The van der Waals surface area contributed by atoms with Gasteiger partial charge < -0.3 is 29.8 Å². The van der Waals surface area contributed by atoms with Crippen molar-refractivity contribution in [2.24, 2.45) is 13.0 Å². The summed E-state index contributed by atoms with van der Waals surface area (Å²) in [6, 6.07) is 15.7. The molecular formula is C27H34N4O4S. The Kier molecular flexibility index (Phi) is 9.03. The number of carbonyl (C=O) groups is 1. The second-order valence-corrected chi connectivity index (χ2v) is 9.90. The monoisotopic (exact) mass is 510 g/mol. The zero-order chi connectivity index (χ0) is 25.5. The molecule has 1 aliphatic heterocycles. The molecule has 2 heterocycles. The molecular weight excluding hydrogens is 476 g/mol. The lowest BCUT2D eigenvalue weighted by Gasteiger charge is -2.41. The number of benzene rings is 2. The zero-order valence-electron chi connectivity index (χ0n) is 20.9. The number of imidazole rings is 1. The van der Waals surface area contributed by atoms with Gasteiger partial charge in [0, 0.05) is 49.8 Å². The summed E-state index contributed by atoms with van der Waals surface area (Å²) < 4.78 is 15.0. The van der Waals surface area contributed by atoms with Crippen molar-refractivity contribution in [1.29, 1.82) is 0 Å². The quantitative estimate of drug-likeness (QED) is 0.371. The van der Waals surface area contributed by atoms with Gasteiger partial charge in [0.25, 0.3) is 0 Å². The van der Waals surface area contributed by atoms with Gasteiger partial charge >= 0.3 is 6.03 Å². The predicted molar refractivity (Wildman–Crippen MR) is 139 cm³/mol. The van der Waals surface area contributed by atoms with Gasteiger partial charge in [0.15, 0.2) is 11.4 Å². The average Bonchev–Trinajstić information content (AvgIpc) is 3.32. The van der Waals surface area contributed by atoms with Gasteiger partial charge in [-0.05, 0) is 23.6 Å². The Morgan fingerprint density at radius 2 is 1.75 bits per heavy atom. The summed E-state index contributed by atoms with van der Waals surface area (Å²) in [7, 11) is 1.99. The smallest absolute Gasteiger partial charge is 0.315 e. The maximum Gasteiger partial charge on any atom is 0.315 e. The summed E-state index contributed by atoms with van der Waals surface area (Å²) in [5.41, 5.74) is 3.84. The van der Waals surface area contributed by atoms with Crippen LogP contribution in [0.2, 0.25) is 0 Å². The third kappa shape index (κ3) is 6.47. The van der Waals surface area contributed by atoms with E-state index < -0.39 is 6.29 Å². The predicted octanol–water partition coefficient (Wildman–Crippen LogP) is 4.32. The fourth-order valence-corrected chi connectivity index (χ4v) is 5.25. The third-order valence-corrected chi connectivity index (χ3v) is 7.47. The molecule has 9 heteroatoms. The Hall–Kier alpha value is -2.85. The number of nitrogens with zero attached hydrogens (tertiary/aromatic N) is 2. The number of nitrogens with one attached hydrogen (secondary N) is 2. The minimum absolute atomic E-state index is 0.0112. The van der Waals surface area contributed by atoms with Crippen LogP contribution in [0.15, 0.2) is 66.1 Å². The van der Waals surface area contributed by atoms with Crippen LogP contribution in [0.25, 0.3) is 0 Å². The van der Waals surface area contributed by atoms with Gasteiger partial charge in [0.2, 0.25) is 0 Å². The second kappa shape index (κ2) is 12.4. The number of aliphatic hydroxyl groups is 1. The minimum atomic E-state index is -0.527. The Bertz CT molecular complexity index is 1120. The molecule has 4 atom stereocenters. The van der Waals surface area contributed by atoms with E-state index in [4.69, 9.17) is 9.47 Å². The number of carbonyl (C=O) groups excluding carboxylic acids is 1. The van der Waals surface area contributed by atoms with E-state index >= 15 is 0 Å². The zero-order valence-corrected chi connectivity index (χ0v) is 21.7. The molecule has 0 unspecified atom stereocenters. The first-order valence-electron chi connectivity index (χ1n) is 12.2. The molecule has 1 saturated heterocycles. The molecule has 1 aliphatic rings. The number of urea groups is 1. The third-order valence-electron chi connectivity index (χ3n) is 6.32. The summed E-state index contributed by atoms with van der Waals surface area (Å²) >= 11 is 1.67. The van der Waals surface area contributed by atoms with Crippen molar-refractivity contribution in [3.05, 3.63) is 83.2 Å². The van der Waals surface area contributed by atoms with Crippen molar-refractivity contribution in [2.45, 2.75) is 50.7 Å². The second-order valence-electron chi connectivity index (χ2n) is 8.91. The van der Waals surface area contributed by atoms with Crippen LogP contribution in [-0.2, 0) is 29.7 Å². The lowest BCUT2D eigenvalue weighted by molar-refractivity contribution is -0.268. The van der Waals surface area contributed by atoms with Crippen LogP contribution in [0.1, 0.15) is 48.5 Å². The molecule has 4 rings (SSSR count). The standard InChI is InChI=1S/C27H34N4O4S/c1-4-28-26(33)30-15-19-5-11-22(12-6-19)25-34-23(17-36-27-29-13-14-31(27)3)18(2)24(35-25)21-9-7-20(16-32)8-10-21/h5-14,18,23-25,32H,4,15-17H2,1-3H3,(H2,28,30,33)/t18-,23+,24+,25+/m1/s1. The molecule has 2 aromatic carbocycles. The van der Waals surface area contributed by atoms with Crippen LogP contribution in [0.4, 0.5) is 4.79 Å². The summed E-state index contributed by atoms with van der Waals surface area (Å²) in [6.07, 6.45) is 2.98. The van der Waals surface area contributed by atoms with Crippen molar-refractivity contribution in [3.63, 3.8) is 0 Å². The van der Waals surface area contributed by atoms with Crippen LogP contribution >= 0.6 is 11.8 Å². The van der Waals surface area contributed by atoms with E-state index in [2.05, 4.69) is 22.5 Å². The number of amides is 2. The number of rotatable bonds is 9. The molecule has 1 fully saturated rings. The molecule has 3 N–H and O–H groups in total. The van der Waals surface area contributed by atoms with E-state index in [1.165, 1.54) is 0 Å². The Balaban J connectivity index is 1.51. The van der Waals surface area contributed by atoms with E-state index in [9.17, 15) is 9.90 Å². The number of hydrogen-bond acceptors (Lipinski definition) is 6. The Morgan fingerprint density at radius 3 is 2.39 bits per heavy atom. The van der Waals surface area contributed by atoms with E-state index in [0.717, 1.165) is 33.2 Å².